The number of fused-ring (bicyclic) bond motifs is 1. The number of benzene rings is 1. The van der Waals surface area contributed by atoms with Crippen LogP contribution in [0.15, 0.2) is 24.3 Å². The number of ether oxygens (including phenoxy) is 1. The van der Waals surface area contributed by atoms with Crippen LogP contribution in [0.1, 0.15) is 0 Å². The molecule has 0 bridgehead atoms. The van der Waals surface area contributed by atoms with Crippen molar-refractivity contribution >= 4 is 16.7 Å². The first kappa shape index (κ1) is 8.74. The molecule has 0 saturated carbocycles. The summed E-state index contributed by atoms with van der Waals surface area (Å²) in [5.74, 6) is 0.440. The van der Waals surface area contributed by atoms with Crippen LogP contribution < -0.4 is 10.5 Å². The summed E-state index contributed by atoms with van der Waals surface area (Å²) >= 11 is 0. The fourth-order valence-electron chi connectivity index (χ4n) is 1.34. The highest BCUT2D eigenvalue weighted by Gasteiger charge is 2.05. The van der Waals surface area contributed by atoms with Gasteiger partial charge in [-0.05, 0) is 18.2 Å². The Balaban J connectivity index is 2.81. The Bertz CT molecular complexity index is 485. The normalized spacial score (nSPS) is 10.4. The van der Waals surface area contributed by atoms with Gasteiger partial charge in [-0.3, -0.25) is 0 Å². The van der Waals surface area contributed by atoms with Crippen LogP contribution in [0.4, 0.5) is 10.2 Å². The van der Waals surface area contributed by atoms with Crippen molar-refractivity contribution in [3.05, 3.63) is 30.1 Å². The summed E-state index contributed by atoms with van der Waals surface area (Å²) in [4.78, 5) is 4.07. The van der Waals surface area contributed by atoms with Gasteiger partial charge in [0.1, 0.15) is 22.9 Å². The lowest BCUT2D eigenvalue weighted by atomic mass is 10.2. The van der Waals surface area contributed by atoms with Crippen LogP contribution in [0.3, 0.4) is 0 Å². The summed E-state index contributed by atoms with van der Waals surface area (Å²) in [7, 11) is 1.47. The third-order valence-corrected chi connectivity index (χ3v) is 1.96. The van der Waals surface area contributed by atoms with Gasteiger partial charge in [-0.15, -0.1) is 0 Å². The average molecular weight is 192 g/mol. The lowest BCUT2D eigenvalue weighted by molar-refractivity contribution is 0.415. The predicted molar refractivity (Wildman–Crippen MR) is 52.7 cm³/mol. The Morgan fingerprint density at radius 2 is 2.14 bits per heavy atom. The standard InChI is InChI=1S/C10H9FN2O/c1-14-8-5-7(11)4-6-2-3-9(12)13-10(6)8/h2-5H,1H3,(H2,12,13). The molecule has 0 spiro atoms. The van der Waals surface area contributed by atoms with Crippen LogP contribution in [0, 0.1) is 5.82 Å². The van der Waals surface area contributed by atoms with Crippen molar-refractivity contribution < 1.29 is 9.13 Å². The molecule has 0 atom stereocenters. The van der Waals surface area contributed by atoms with E-state index in [0.717, 1.165) is 0 Å². The summed E-state index contributed by atoms with van der Waals surface area (Å²) in [6.07, 6.45) is 0. The number of anilines is 1. The van der Waals surface area contributed by atoms with Gasteiger partial charge in [0.25, 0.3) is 0 Å². The lowest BCUT2D eigenvalue weighted by Crippen LogP contribution is -1.93. The zero-order valence-corrected chi connectivity index (χ0v) is 7.62. The van der Waals surface area contributed by atoms with Gasteiger partial charge in [-0.2, -0.15) is 0 Å². The minimum absolute atomic E-state index is 0.346. The molecule has 2 rings (SSSR count). The van der Waals surface area contributed by atoms with Crippen molar-refractivity contribution in [1.29, 1.82) is 0 Å². The number of nitrogen functional groups attached to an aromatic ring is 1. The number of hydrogen-bond acceptors (Lipinski definition) is 3. The van der Waals surface area contributed by atoms with Crippen LogP contribution >= 0.6 is 0 Å². The number of pyridine rings is 1. The summed E-state index contributed by atoms with van der Waals surface area (Å²) < 4.78 is 18.1. The summed E-state index contributed by atoms with van der Waals surface area (Å²) in [6.45, 7) is 0. The smallest absolute Gasteiger partial charge is 0.148 e. The topological polar surface area (TPSA) is 48.1 Å². The van der Waals surface area contributed by atoms with Gasteiger partial charge in [0, 0.05) is 11.5 Å². The maximum atomic E-state index is 13.0. The van der Waals surface area contributed by atoms with Gasteiger partial charge in [0.2, 0.25) is 0 Å². The molecular weight excluding hydrogens is 183 g/mol. The van der Waals surface area contributed by atoms with Crippen LogP contribution in [0.25, 0.3) is 10.9 Å². The van der Waals surface area contributed by atoms with Crippen molar-refractivity contribution in [3.63, 3.8) is 0 Å². The van der Waals surface area contributed by atoms with Crippen molar-refractivity contribution in [2.45, 2.75) is 0 Å². The van der Waals surface area contributed by atoms with Gasteiger partial charge < -0.3 is 10.5 Å². The largest absolute Gasteiger partial charge is 0.494 e. The highest BCUT2D eigenvalue weighted by atomic mass is 19.1. The van der Waals surface area contributed by atoms with Gasteiger partial charge in [0.15, 0.2) is 0 Å². The van der Waals surface area contributed by atoms with E-state index in [1.807, 2.05) is 0 Å². The number of nitrogens with two attached hydrogens (primary N) is 1. The Morgan fingerprint density at radius 1 is 1.36 bits per heavy atom. The third-order valence-electron chi connectivity index (χ3n) is 1.96. The molecule has 0 aliphatic carbocycles. The van der Waals surface area contributed by atoms with E-state index in [9.17, 15) is 4.39 Å². The molecule has 2 N–H and O–H groups in total. The second kappa shape index (κ2) is 3.14. The van der Waals surface area contributed by atoms with E-state index in [1.165, 1.54) is 19.2 Å². The maximum absolute atomic E-state index is 13.0. The predicted octanol–water partition coefficient (Wildman–Crippen LogP) is 1.96. The average Bonchev–Trinajstić information content (AvgIpc) is 2.17. The van der Waals surface area contributed by atoms with Crippen LogP contribution in [-0.2, 0) is 0 Å². The molecule has 1 aromatic heterocycles. The monoisotopic (exact) mass is 192 g/mol. The zero-order chi connectivity index (χ0) is 10.1. The van der Waals surface area contributed by atoms with E-state index in [2.05, 4.69) is 4.98 Å². The van der Waals surface area contributed by atoms with Crippen molar-refractivity contribution in [2.24, 2.45) is 0 Å². The second-order valence-electron chi connectivity index (χ2n) is 2.92. The van der Waals surface area contributed by atoms with Gasteiger partial charge >= 0.3 is 0 Å². The molecule has 0 saturated heterocycles. The minimum atomic E-state index is -0.346. The first-order valence-electron chi connectivity index (χ1n) is 4.10. The van der Waals surface area contributed by atoms with E-state index in [1.54, 1.807) is 12.1 Å². The molecule has 4 heteroatoms. The van der Waals surface area contributed by atoms with E-state index in [4.69, 9.17) is 10.5 Å². The van der Waals surface area contributed by atoms with Crippen molar-refractivity contribution in [3.8, 4) is 5.75 Å². The number of methoxy groups -OCH3 is 1. The van der Waals surface area contributed by atoms with E-state index >= 15 is 0 Å². The molecule has 72 valence electrons. The summed E-state index contributed by atoms with van der Waals surface area (Å²) in [5, 5.41) is 0.677. The Morgan fingerprint density at radius 3 is 2.86 bits per heavy atom. The molecule has 3 nitrogen and oxygen atoms in total. The molecule has 14 heavy (non-hydrogen) atoms. The Labute approximate surface area is 80.3 Å². The molecule has 0 aliphatic heterocycles. The van der Waals surface area contributed by atoms with E-state index in [0.29, 0.717) is 22.5 Å². The molecular formula is C10H9FN2O. The van der Waals surface area contributed by atoms with Crippen LogP contribution in [0.5, 0.6) is 5.75 Å². The van der Waals surface area contributed by atoms with E-state index < -0.39 is 0 Å². The molecule has 2 aromatic rings. The summed E-state index contributed by atoms with van der Waals surface area (Å²) in [6, 6.07) is 6.02. The Kier molecular flexibility index (Phi) is 1.96. The first-order valence-corrected chi connectivity index (χ1v) is 4.10. The molecule has 0 fully saturated rings. The number of nitrogens with zero attached hydrogens (tertiary/aromatic N) is 1. The SMILES string of the molecule is COc1cc(F)cc2ccc(N)nc12. The highest BCUT2D eigenvalue weighted by molar-refractivity contribution is 5.85. The molecule has 0 aliphatic rings. The van der Waals surface area contributed by atoms with Crippen LogP contribution in [-0.4, -0.2) is 12.1 Å². The Hall–Kier alpha value is -1.84. The fourth-order valence-corrected chi connectivity index (χ4v) is 1.34. The van der Waals surface area contributed by atoms with Crippen molar-refractivity contribution in [1.82, 2.24) is 4.98 Å². The second-order valence-corrected chi connectivity index (χ2v) is 2.92. The quantitative estimate of drug-likeness (QED) is 0.751. The zero-order valence-electron chi connectivity index (χ0n) is 7.62. The first-order chi connectivity index (χ1) is 6.70. The molecule has 1 heterocycles. The fraction of sp³-hybridized carbons (Fsp3) is 0.100. The maximum Gasteiger partial charge on any atom is 0.148 e. The number of halogens is 1. The molecule has 0 unspecified atom stereocenters. The van der Waals surface area contributed by atoms with Gasteiger partial charge in [-0.25, -0.2) is 9.37 Å². The van der Waals surface area contributed by atoms with E-state index in [-0.39, 0.29) is 5.82 Å². The number of rotatable bonds is 1. The summed E-state index contributed by atoms with van der Waals surface area (Å²) in [5.41, 5.74) is 6.10. The lowest BCUT2D eigenvalue weighted by Gasteiger charge is -2.05. The highest BCUT2D eigenvalue weighted by Crippen LogP contribution is 2.25. The minimum Gasteiger partial charge on any atom is -0.494 e. The molecule has 0 amide bonds. The molecule has 0 radical (unpaired) electrons. The van der Waals surface area contributed by atoms with Gasteiger partial charge in [-0.1, -0.05) is 0 Å². The number of hydrogen-bond donors (Lipinski definition) is 1. The molecule has 1 aromatic carbocycles. The van der Waals surface area contributed by atoms with Gasteiger partial charge in [0.05, 0.1) is 7.11 Å². The number of aromatic nitrogens is 1. The van der Waals surface area contributed by atoms with Crippen LogP contribution in [0.2, 0.25) is 0 Å². The van der Waals surface area contributed by atoms with Crippen molar-refractivity contribution in [2.75, 3.05) is 12.8 Å². The third kappa shape index (κ3) is 1.35.